The average molecular weight is 318 g/mol. The van der Waals surface area contributed by atoms with Crippen LogP contribution in [-0.2, 0) is 11.2 Å². The monoisotopic (exact) mass is 317 g/mol. The molecule has 116 valence electrons. The van der Waals surface area contributed by atoms with Gasteiger partial charge >= 0.3 is 0 Å². The van der Waals surface area contributed by atoms with E-state index in [2.05, 4.69) is 5.32 Å². The van der Waals surface area contributed by atoms with Crippen LogP contribution >= 0.6 is 11.6 Å². The first kappa shape index (κ1) is 16.4. The molecule has 0 unspecified atom stereocenters. The summed E-state index contributed by atoms with van der Waals surface area (Å²) in [5.41, 5.74) is 1.22. The van der Waals surface area contributed by atoms with Crippen LogP contribution in [0.5, 0.6) is 5.75 Å². The average Bonchev–Trinajstić information content (AvgIpc) is 2.54. The van der Waals surface area contributed by atoms with Crippen molar-refractivity contribution < 1.29 is 9.53 Å². The number of nitrogens with one attached hydrogen (secondary N) is 1. The minimum Gasteiger partial charge on any atom is -0.481 e. The maximum Gasteiger partial charge on any atom is 0.260 e. The number of hydrogen-bond donors (Lipinski definition) is 1. The third-order valence-corrected chi connectivity index (χ3v) is 3.53. The maximum absolute atomic E-state index is 11.9. The van der Waals surface area contributed by atoms with Crippen LogP contribution in [0.3, 0.4) is 0 Å². The molecule has 0 aromatic heterocycles. The van der Waals surface area contributed by atoms with Crippen molar-refractivity contribution >= 4 is 17.5 Å². The molecule has 1 N–H and O–H groups in total. The smallest absolute Gasteiger partial charge is 0.260 e. The lowest BCUT2D eigenvalue weighted by atomic mass is 10.1. The molecule has 2 rings (SSSR count). The van der Waals surface area contributed by atoms with Gasteiger partial charge < -0.3 is 10.1 Å². The van der Waals surface area contributed by atoms with Gasteiger partial charge in [0.05, 0.1) is 0 Å². The van der Waals surface area contributed by atoms with Gasteiger partial charge in [0, 0.05) is 11.6 Å². The molecule has 0 saturated heterocycles. The topological polar surface area (TPSA) is 38.3 Å². The summed E-state index contributed by atoms with van der Waals surface area (Å²) in [6.07, 6.45) is 1.29. The number of halogens is 1. The summed E-state index contributed by atoms with van der Waals surface area (Å²) in [5.74, 6) is 0.603. The Balaban J connectivity index is 1.67. The molecule has 0 radical (unpaired) electrons. The number of amides is 1. The molecular weight excluding hydrogens is 298 g/mol. The normalized spacial score (nSPS) is 11.7. The predicted octanol–water partition coefficient (Wildman–Crippen LogP) is 3.86. The van der Waals surface area contributed by atoms with E-state index in [0.717, 1.165) is 17.9 Å². The van der Waals surface area contributed by atoms with Gasteiger partial charge in [0.2, 0.25) is 0 Å². The lowest BCUT2D eigenvalue weighted by Crippen LogP contribution is -2.36. The molecule has 0 spiro atoms. The van der Waals surface area contributed by atoms with E-state index in [-0.39, 0.29) is 5.91 Å². The molecule has 3 nitrogen and oxygen atoms in total. The summed E-state index contributed by atoms with van der Waals surface area (Å²) in [4.78, 5) is 11.9. The van der Waals surface area contributed by atoms with Crippen LogP contribution < -0.4 is 10.1 Å². The van der Waals surface area contributed by atoms with Crippen molar-refractivity contribution in [2.24, 2.45) is 0 Å². The highest BCUT2D eigenvalue weighted by Gasteiger charge is 2.13. The van der Waals surface area contributed by atoms with Gasteiger partial charge in [-0.1, -0.05) is 41.9 Å². The van der Waals surface area contributed by atoms with Crippen LogP contribution in [0.4, 0.5) is 0 Å². The molecule has 1 atom stereocenters. The Morgan fingerprint density at radius 2 is 1.82 bits per heavy atom. The largest absolute Gasteiger partial charge is 0.481 e. The summed E-state index contributed by atoms with van der Waals surface area (Å²) in [5, 5.41) is 3.63. The molecule has 4 heteroatoms. The van der Waals surface area contributed by atoms with Crippen molar-refractivity contribution in [3.05, 3.63) is 65.2 Å². The number of ether oxygens (including phenoxy) is 1. The van der Waals surface area contributed by atoms with Gasteiger partial charge in [0.25, 0.3) is 5.91 Å². The van der Waals surface area contributed by atoms with Gasteiger partial charge in [-0.05, 0) is 49.6 Å². The van der Waals surface area contributed by atoms with Gasteiger partial charge in [0.15, 0.2) is 6.10 Å². The fraction of sp³-hybridized carbons (Fsp3) is 0.278. The van der Waals surface area contributed by atoms with Crippen molar-refractivity contribution in [3.8, 4) is 5.75 Å². The second kappa shape index (κ2) is 8.44. The quantitative estimate of drug-likeness (QED) is 0.788. The van der Waals surface area contributed by atoms with Crippen LogP contribution in [0.1, 0.15) is 18.9 Å². The predicted molar refractivity (Wildman–Crippen MR) is 89.3 cm³/mol. The zero-order chi connectivity index (χ0) is 15.8. The minimum absolute atomic E-state index is 0.0973. The number of carbonyl (C=O) groups is 1. The number of para-hydroxylation sites is 1. The van der Waals surface area contributed by atoms with Crippen LogP contribution in [0, 0.1) is 0 Å². The molecule has 0 bridgehead atoms. The zero-order valence-corrected chi connectivity index (χ0v) is 13.3. The Kier molecular flexibility index (Phi) is 6.28. The van der Waals surface area contributed by atoms with E-state index in [4.69, 9.17) is 16.3 Å². The molecule has 2 aromatic rings. The van der Waals surface area contributed by atoms with Gasteiger partial charge in [-0.3, -0.25) is 4.79 Å². The molecule has 22 heavy (non-hydrogen) atoms. The second-order valence-electron chi connectivity index (χ2n) is 5.09. The van der Waals surface area contributed by atoms with Gasteiger partial charge in [-0.2, -0.15) is 0 Å². The van der Waals surface area contributed by atoms with Crippen molar-refractivity contribution in [1.29, 1.82) is 0 Å². The van der Waals surface area contributed by atoms with E-state index in [1.165, 1.54) is 5.56 Å². The van der Waals surface area contributed by atoms with Crippen LogP contribution in [0.15, 0.2) is 54.6 Å². The Morgan fingerprint density at radius 3 is 2.50 bits per heavy atom. The van der Waals surface area contributed by atoms with Crippen LogP contribution in [0.25, 0.3) is 0 Å². The lowest BCUT2D eigenvalue weighted by Gasteiger charge is -2.14. The highest BCUT2D eigenvalue weighted by Crippen LogP contribution is 2.11. The fourth-order valence-corrected chi connectivity index (χ4v) is 2.18. The number of carbonyl (C=O) groups excluding carboxylic acids is 1. The molecule has 0 aliphatic rings. The Hall–Kier alpha value is -2.00. The molecule has 0 aliphatic carbocycles. The molecule has 1 amide bonds. The number of hydrogen-bond acceptors (Lipinski definition) is 2. The Morgan fingerprint density at radius 1 is 1.14 bits per heavy atom. The highest BCUT2D eigenvalue weighted by molar-refractivity contribution is 6.30. The summed E-state index contributed by atoms with van der Waals surface area (Å²) in [6, 6.07) is 17.1. The number of benzene rings is 2. The third-order valence-electron chi connectivity index (χ3n) is 3.28. The summed E-state index contributed by atoms with van der Waals surface area (Å²) in [7, 11) is 0. The van der Waals surface area contributed by atoms with Crippen molar-refractivity contribution in [3.63, 3.8) is 0 Å². The minimum atomic E-state index is -0.502. The van der Waals surface area contributed by atoms with Crippen LogP contribution in [0.2, 0.25) is 5.02 Å². The van der Waals surface area contributed by atoms with E-state index < -0.39 is 6.10 Å². The van der Waals surface area contributed by atoms with E-state index in [1.54, 1.807) is 6.92 Å². The summed E-state index contributed by atoms with van der Waals surface area (Å²) >= 11 is 5.84. The molecule has 0 fully saturated rings. The molecule has 0 heterocycles. The van der Waals surface area contributed by atoms with E-state index in [1.807, 2.05) is 54.6 Å². The van der Waals surface area contributed by atoms with E-state index in [9.17, 15) is 4.79 Å². The Bertz CT molecular complexity index is 584. The summed E-state index contributed by atoms with van der Waals surface area (Å²) in [6.45, 7) is 2.38. The zero-order valence-electron chi connectivity index (χ0n) is 12.6. The molecule has 0 saturated carbocycles. The summed E-state index contributed by atoms with van der Waals surface area (Å²) < 4.78 is 5.58. The van der Waals surface area contributed by atoms with Crippen molar-refractivity contribution in [2.45, 2.75) is 25.9 Å². The first-order valence-corrected chi connectivity index (χ1v) is 7.77. The first-order chi connectivity index (χ1) is 10.6. The first-order valence-electron chi connectivity index (χ1n) is 7.39. The third kappa shape index (κ3) is 5.41. The van der Waals surface area contributed by atoms with E-state index >= 15 is 0 Å². The molecular formula is C18H20ClNO2. The van der Waals surface area contributed by atoms with Gasteiger partial charge in [-0.15, -0.1) is 0 Å². The van der Waals surface area contributed by atoms with Crippen molar-refractivity contribution in [2.75, 3.05) is 6.54 Å². The second-order valence-corrected chi connectivity index (χ2v) is 5.53. The number of rotatable bonds is 7. The molecule has 2 aromatic carbocycles. The maximum atomic E-state index is 11.9. The van der Waals surface area contributed by atoms with Crippen molar-refractivity contribution in [1.82, 2.24) is 5.32 Å². The Labute approximate surface area is 136 Å². The van der Waals surface area contributed by atoms with E-state index in [0.29, 0.717) is 12.3 Å². The fourth-order valence-electron chi connectivity index (χ4n) is 2.06. The highest BCUT2D eigenvalue weighted by atomic mass is 35.5. The number of aryl methyl sites for hydroxylation is 1. The molecule has 0 aliphatic heterocycles. The van der Waals surface area contributed by atoms with Crippen LogP contribution in [-0.4, -0.2) is 18.6 Å². The van der Waals surface area contributed by atoms with Gasteiger partial charge in [0.1, 0.15) is 5.75 Å². The SMILES string of the molecule is C[C@@H](Oc1ccccc1)C(=O)NCCCc1ccc(Cl)cc1. The lowest BCUT2D eigenvalue weighted by molar-refractivity contribution is -0.127. The standard InChI is InChI=1S/C18H20ClNO2/c1-14(22-17-7-3-2-4-8-17)18(21)20-13-5-6-15-9-11-16(19)12-10-15/h2-4,7-12,14H,5-6,13H2,1H3,(H,20,21)/t14-/m1/s1. The van der Waals surface area contributed by atoms with Gasteiger partial charge in [-0.25, -0.2) is 0 Å².